The topological polar surface area (TPSA) is 64.4 Å². The van der Waals surface area contributed by atoms with Crippen LogP contribution in [-0.4, -0.2) is 24.3 Å². The third-order valence-electron chi connectivity index (χ3n) is 4.88. The van der Waals surface area contributed by atoms with Gasteiger partial charge in [-0.1, -0.05) is 16.8 Å². The van der Waals surface area contributed by atoms with Gasteiger partial charge < -0.3 is 9.13 Å². The lowest BCUT2D eigenvalue weighted by atomic mass is 10.2. The first-order valence-electron chi connectivity index (χ1n) is 9.37. The largest absolute Gasteiger partial charge is 0.434 e. The molecule has 4 aromatic rings. The van der Waals surface area contributed by atoms with E-state index < -0.39 is 11.9 Å². The van der Waals surface area contributed by atoms with Crippen LogP contribution < -0.4 is 10.1 Å². The van der Waals surface area contributed by atoms with Crippen LogP contribution in [0.3, 0.4) is 0 Å². The van der Waals surface area contributed by atoms with Gasteiger partial charge in [0.15, 0.2) is 11.5 Å². The molecule has 1 aromatic carbocycles. The van der Waals surface area contributed by atoms with Crippen molar-refractivity contribution in [1.29, 1.82) is 0 Å². The summed E-state index contributed by atoms with van der Waals surface area (Å²) in [5, 5.41) is 8.29. The van der Waals surface area contributed by atoms with Gasteiger partial charge in [0, 0.05) is 29.9 Å². The van der Waals surface area contributed by atoms with Crippen LogP contribution in [-0.2, 0) is 6.18 Å². The zero-order valence-electron chi connectivity index (χ0n) is 15.7. The molecule has 0 atom stereocenters. The van der Waals surface area contributed by atoms with Crippen LogP contribution in [0.15, 0.2) is 67.6 Å². The van der Waals surface area contributed by atoms with Gasteiger partial charge in [0.05, 0.1) is 17.7 Å². The molecule has 5 rings (SSSR count). The second-order valence-corrected chi connectivity index (χ2v) is 7.11. The molecule has 152 valence electrons. The quantitative estimate of drug-likeness (QED) is 0.509. The molecule has 7 nitrogen and oxygen atoms in total. The lowest BCUT2D eigenvalue weighted by Gasteiger charge is -2.07. The minimum absolute atomic E-state index is 0.481. The number of aromatic nitrogens is 6. The van der Waals surface area contributed by atoms with Crippen molar-refractivity contribution in [3.8, 4) is 17.1 Å². The second-order valence-electron chi connectivity index (χ2n) is 7.11. The number of nitrogens with one attached hydrogen (secondary N) is 1. The van der Waals surface area contributed by atoms with E-state index in [0.29, 0.717) is 11.7 Å². The first-order valence-corrected chi connectivity index (χ1v) is 9.37. The van der Waals surface area contributed by atoms with Gasteiger partial charge in [-0.2, -0.15) is 18.6 Å². The highest BCUT2D eigenvalue weighted by molar-refractivity contribution is 5.62. The average molecular weight is 412 g/mol. The van der Waals surface area contributed by atoms with Gasteiger partial charge in [-0.25, -0.2) is 4.98 Å². The Hall–Kier alpha value is -3.69. The Kier molecular flexibility index (Phi) is 4.27. The van der Waals surface area contributed by atoms with Gasteiger partial charge >= 0.3 is 6.18 Å². The first-order chi connectivity index (χ1) is 14.5. The van der Waals surface area contributed by atoms with Crippen molar-refractivity contribution >= 4 is 5.69 Å². The summed E-state index contributed by atoms with van der Waals surface area (Å²) in [6.07, 6.45) is 5.15. The Morgan fingerprint density at radius 2 is 1.87 bits per heavy atom. The van der Waals surface area contributed by atoms with E-state index in [0.717, 1.165) is 42.4 Å². The van der Waals surface area contributed by atoms with Crippen LogP contribution in [0.4, 0.5) is 18.9 Å². The van der Waals surface area contributed by atoms with Crippen LogP contribution in [0.5, 0.6) is 0 Å². The standard InChI is InChI=1S/C20H17F3N7/c21-20(22,23)18-11-28(12-24-18)16-6-8-29(9-7-16)27-15-3-1-2-14(10-15)19-26-25-13-30(19)17-4-5-17/h1-3,6-13,17,27H,4-5H2/q+1. The van der Waals surface area contributed by atoms with Gasteiger partial charge in [-0.15, -0.1) is 10.2 Å². The molecule has 30 heavy (non-hydrogen) atoms. The predicted molar refractivity (Wildman–Crippen MR) is 102 cm³/mol. The molecular formula is C20H17F3N7+. The number of halogens is 3. The molecule has 1 N–H and O–H groups in total. The number of hydrogen-bond acceptors (Lipinski definition) is 4. The zero-order valence-corrected chi connectivity index (χ0v) is 15.7. The van der Waals surface area contributed by atoms with E-state index in [9.17, 15) is 13.2 Å². The zero-order chi connectivity index (χ0) is 20.7. The van der Waals surface area contributed by atoms with E-state index in [1.165, 1.54) is 4.57 Å². The van der Waals surface area contributed by atoms with Crippen molar-refractivity contribution in [1.82, 2.24) is 24.3 Å². The van der Waals surface area contributed by atoms with E-state index in [2.05, 4.69) is 25.2 Å². The molecule has 0 amide bonds. The molecule has 0 spiro atoms. The highest BCUT2D eigenvalue weighted by Crippen LogP contribution is 2.37. The molecular weight excluding hydrogens is 395 g/mol. The smallest absolute Gasteiger partial charge is 0.310 e. The summed E-state index contributed by atoms with van der Waals surface area (Å²) in [6.45, 7) is 0. The Morgan fingerprint density at radius 3 is 2.57 bits per heavy atom. The summed E-state index contributed by atoms with van der Waals surface area (Å²) in [5.74, 6) is 0.835. The highest BCUT2D eigenvalue weighted by Gasteiger charge is 2.33. The molecule has 0 radical (unpaired) electrons. The lowest BCUT2D eigenvalue weighted by Crippen LogP contribution is -2.41. The Labute approximate surface area is 169 Å². The maximum absolute atomic E-state index is 12.7. The molecule has 0 saturated heterocycles. The average Bonchev–Trinajstić information content (AvgIpc) is 3.24. The number of nitrogens with zero attached hydrogens (tertiary/aromatic N) is 6. The van der Waals surface area contributed by atoms with Gasteiger partial charge in [0.2, 0.25) is 12.4 Å². The fraction of sp³-hybridized carbons (Fsp3) is 0.200. The summed E-state index contributed by atoms with van der Waals surface area (Å²) < 4.78 is 43.3. The number of rotatable bonds is 5. The first kappa shape index (κ1) is 18.3. The molecule has 3 aromatic heterocycles. The molecule has 0 bridgehead atoms. The molecule has 1 aliphatic carbocycles. The van der Waals surface area contributed by atoms with Crippen molar-refractivity contribution in [2.45, 2.75) is 25.1 Å². The fourth-order valence-corrected chi connectivity index (χ4v) is 3.22. The van der Waals surface area contributed by atoms with E-state index in [1.807, 2.05) is 24.3 Å². The third kappa shape index (κ3) is 3.63. The lowest BCUT2D eigenvalue weighted by molar-refractivity contribution is -0.642. The van der Waals surface area contributed by atoms with Crippen LogP contribution in [0.25, 0.3) is 17.1 Å². The molecule has 0 aliphatic heterocycles. The minimum Gasteiger partial charge on any atom is -0.310 e. The number of hydrogen-bond donors (Lipinski definition) is 1. The van der Waals surface area contributed by atoms with E-state index >= 15 is 0 Å². The van der Waals surface area contributed by atoms with E-state index in [-0.39, 0.29) is 0 Å². The summed E-state index contributed by atoms with van der Waals surface area (Å²) in [4.78, 5) is 3.41. The second kappa shape index (κ2) is 6.97. The number of imidazole rings is 1. The molecule has 1 aliphatic rings. The van der Waals surface area contributed by atoms with Gasteiger partial charge in [-0.05, 0) is 25.0 Å². The monoisotopic (exact) mass is 412 g/mol. The Bertz CT molecular complexity index is 1170. The maximum Gasteiger partial charge on any atom is 0.434 e. The summed E-state index contributed by atoms with van der Waals surface area (Å²) in [5.41, 5.74) is 4.68. The molecule has 0 unspecified atom stereocenters. The van der Waals surface area contributed by atoms with Gasteiger partial charge in [0.25, 0.3) is 0 Å². The number of anilines is 1. The molecule has 10 heteroatoms. The van der Waals surface area contributed by atoms with Crippen molar-refractivity contribution in [3.63, 3.8) is 0 Å². The Morgan fingerprint density at radius 1 is 1.07 bits per heavy atom. The van der Waals surface area contributed by atoms with Crippen molar-refractivity contribution in [2.24, 2.45) is 0 Å². The van der Waals surface area contributed by atoms with E-state index in [1.54, 1.807) is 35.5 Å². The predicted octanol–water partition coefficient (Wildman–Crippen LogP) is 3.65. The number of pyridine rings is 1. The van der Waals surface area contributed by atoms with Crippen molar-refractivity contribution in [2.75, 3.05) is 5.43 Å². The van der Waals surface area contributed by atoms with Gasteiger partial charge in [-0.3, -0.25) is 0 Å². The third-order valence-corrected chi connectivity index (χ3v) is 4.88. The van der Waals surface area contributed by atoms with Crippen LogP contribution in [0.2, 0.25) is 0 Å². The summed E-state index contributed by atoms with van der Waals surface area (Å²) in [6, 6.07) is 11.7. The SMILES string of the molecule is FC(F)(F)c1cn(-c2cc[n+](Nc3cccc(-c4nncn4C4CC4)c3)cc2)cn1. The number of benzene rings is 1. The van der Waals surface area contributed by atoms with Crippen LogP contribution >= 0.6 is 0 Å². The van der Waals surface area contributed by atoms with Crippen molar-refractivity contribution in [3.05, 3.63) is 73.3 Å². The van der Waals surface area contributed by atoms with Crippen LogP contribution in [0.1, 0.15) is 24.6 Å². The van der Waals surface area contributed by atoms with Gasteiger partial charge in [0.1, 0.15) is 6.33 Å². The highest BCUT2D eigenvalue weighted by atomic mass is 19.4. The minimum atomic E-state index is -4.46. The summed E-state index contributed by atoms with van der Waals surface area (Å²) >= 11 is 0. The fourth-order valence-electron chi connectivity index (χ4n) is 3.22. The Balaban J connectivity index is 1.34. The number of alkyl halides is 3. The van der Waals surface area contributed by atoms with E-state index in [4.69, 9.17) is 0 Å². The van der Waals surface area contributed by atoms with Crippen molar-refractivity contribution < 1.29 is 17.8 Å². The molecule has 1 saturated carbocycles. The summed E-state index contributed by atoms with van der Waals surface area (Å²) in [7, 11) is 0. The normalized spacial score (nSPS) is 14.1. The molecule has 3 heterocycles. The maximum atomic E-state index is 12.7. The van der Waals surface area contributed by atoms with Crippen LogP contribution in [0, 0.1) is 0 Å². The molecule has 1 fully saturated rings.